The third-order valence-electron chi connectivity index (χ3n) is 3.64. The van der Waals surface area contributed by atoms with Gasteiger partial charge in [0, 0.05) is 24.7 Å². The zero-order chi connectivity index (χ0) is 19.1. The smallest absolute Gasteiger partial charge is 0.240 e. The predicted octanol–water partition coefficient (Wildman–Crippen LogP) is 3.28. The zero-order valence-corrected chi connectivity index (χ0v) is 15.2. The van der Waals surface area contributed by atoms with Crippen LogP contribution in [0.15, 0.2) is 48.5 Å². The van der Waals surface area contributed by atoms with E-state index in [4.69, 9.17) is 4.74 Å². The summed E-state index contributed by atoms with van der Waals surface area (Å²) in [6.07, 6.45) is 0.0499. The summed E-state index contributed by atoms with van der Waals surface area (Å²) in [6.45, 7) is 5.17. The van der Waals surface area contributed by atoms with Crippen LogP contribution < -0.4 is 15.0 Å². The second-order valence-corrected chi connectivity index (χ2v) is 6.13. The van der Waals surface area contributed by atoms with Gasteiger partial charge in [0.1, 0.15) is 18.1 Å². The largest absolute Gasteiger partial charge is 0.491 e. The lowest BCUT2D eigenvalue weighted by Crippen LogP contribution is -2.39. The first-order valence-corrected chi connectivity index (χ1v) is 8.41. The molecular formula is C20H23FN2O3. The summed E-state index contributed by atoms with van der Waals surface area (Å²) in [5.41, 5.74) is 0.986. The minimum atomic E-state index is -0.378. The van der Waals surface area contributed by atoms with Crippen molar-refractivity contribution in [3.05, 3.63) is 59.9 Å². The quantitative estimate of drug-likeness (QED) is 0.826. The first-order valence-electron chi connectivity index (χ1n) is 8.41. The van der Waals surface area contributed by atoms with Gasteiger partial charge in [-0.3, -0.25) is 9.59 Å². The van der Waals surface area contributed by atoms with Gasteiger partial charge in [0.15, 0.2) is 0 Å². The fraction of sp³-hybridized carbons (Fsp3) is 0.300. The van der Waals surface area contributed by atoms with Gasteiger partial charge in [-0.05, 0) is 44.2 Å². The molecule has 0 aliphatic carbocycles. The fourth-order valence-electron chi connectivity index (χ4n) is 2.40. The molecule has 138 valence electrons. The van der Waals surface area contributed by atoms with Crippen LogP contribution in [0.1, 0.15) is 26.3 Å². The van der Waals surface area contributed by atoms with Crippen molar-refractivity contribution in [2.24, 2.45) is 0 Å². The van der Waals surface area contributed by atoms with Gasteiger partial charge in [-0.25, -0.2) is 4.39 Å². The van der Waals surface area contributed by atoms with E-state index in [-0.39, 0.29) is 36.8 Å². The molecule has 0 spiro atoms. The molecule has 2 aromatic rings. The predicted molar refractivity (Wildman–Crippen MR) is 98.5 cm³/mol. The Morgan fingerprint density at radius 2 is 1.77 bits per heavy atom. The standard InChI is InChI=1S/C20H23FN2O3/c1-14(2)26-18-10-8-17(9-11-18)23(15(3)24)13-20(25)22-12-16-6-4-5-7-19(16)21/h4-11,14H,12-13H2,1-3H3,(H,22,25). The summed E-state index contributed by atoms with van der Waals surface area (Å²) in [7, 11) is 0. The summed E-state index contributed by atoms with van der Waals surface area (Å²) in [4.78, 5) is 25.5. The molecule has 0 aliphatic heterocycles. The molecule has 2 rings (SSSR count). The number of ether oxygens (including phenoxy) is 1. The molecule has 0 bridgehead atoms. The number of benzene rings is 2. The van der Waals surface area contributed by atoms with E-state index in [0.717, 1.165) is 0 Å². The molecule has 0 heterocycles. The van der Waals surface area contributed by atoms with Crippen molar-refractivity contribution >= 4 is 17.5 Å². The number of carbonyl (C=O) groups excluding carboxylic acids is 2. The molecule has 0 atom stereocenters. The molecule has 0 saturated heterocycles. The van der Waals surface area contributed by atoms with E-state index >= 15 is 0 Å². The van der Waals surface area contributed by atoms with Crippen molar-refractivity contribution in [2.75, 3.05) is 11.4 Å². The van der Waals surface area contributed by atoms with E-state index in [1.54, 1.807) is 42.5 Å². The van der Waals surface area contributed by atoms with Gasteiger partial charge >= 0.3 is 0 Å². The lowest BCUT2D eigenvalue weighted by Gasteiger charge is -2.21. The molecule has 0 radical (unpaired) electrons. The first-order chi connectivity index (χ1) is 12.4. The Hall–Kier alpha value is -2.89. The Labute approximate surface area is 152 Å². The van der Waals surface area contributed by atoms with Gasteiger partial charge in [0.2, 0.25) is 11.8 Å². The molecule has 2 aromatic carbocycles. The Kier molecular flexibility index (Phi) is 6.72. The maximum atomic E-state index is 13.6. The highest BCUT2D eigenvalue weighted by Gasteiger charge is 2.16. The molecule has 0 unspecified atom stereocenters. The molecule has 1 N–H and O–H groups in total. The lowest BCUT2D eigenvalue weighted by atomic mass is 10.2. The second-order valence-electron chi connectivity index (χ2n) is 6.13. The van der Waals surface area contributed by atoms with Crippen molar-refractivity contribution in [3.63, 3.8) is 0 Å². The maximum absolute atomic E-state index is 13.6. The average Bonchev–Trinajstić information content (AvgIpc) is 2.59. The summed E-state index contributed by atoms with van der Waals surface area (Å²) < 4.78 is 19.2. The van der Waals surface area contributed by atoms with Gasteiger partial charge in [-0.15, -0.1) is 0 Å². The number of carbonyl (C=O) groups is 2. The van der Waals surface area contributed by atoms with Crippen LogP contribution >= 0.6 is 0 Å². The van der Waals surface area contributed by atoms with Crippen molar-refractivity contribution in [3.8, 4) is 5.75 Å². The number of nitrogens with one attached hydrogen (secondary N) is 1. The Bertz CT molecular complexity index is 760. The number of nitrogens with zero attached hydrogens (tertiary/aromatic N) is 1. The SMILES string of the molecule is CC(=O)N(CC(=O)NCc1ccccc1F)c1ccc(OC(C)C)cc1. The molecule has 0 aromatic heterocycles. The molecule has 26 heavy (non-hydrogen) atoms. The van der Waals surface area contributed by atoms with E-state index < -0.39 is 0 Å². The van der Waals surface area contributed by atoms with Gasteiger partial charge in [0.05, 0.1) is 6.10 Å². The third-order valence-corrected chi connectivity index (χ3v) is 3.64. The van der Waals surface area contributed by atoms with E-state index in [1.807, 2.05) is 13.8 Å². The van der Waals surface area contributed by atoms with Crippen LogP contribution in [0.5, 0.6) is 5.75 Å². The van der Waals surface area contributed by atoms with Gasteiger partial charge in [-0.1, -0.05) is 18.2 Å². The normalized spacial score (nSPS) is 10.5. The van der Waals surface area contributed by atoms with Crippen LogP contribution in [0, 0.1) is 5.82 Å². The molecular weight excluding hydrogens is 335 g/mol. The summed E-state index contributed by atoms with van der Waals surface area (Å²) in [5, 5.41) is 2.63. The highest BCUT2D eigenvalue weighted by atomic mass is 19.1. The molecule has 0 aliphatic rings. The Morgan fingerprint density at radius 3 is 2.35 bits per heavy atom. The van der Waals surface area contributed by atoms with Crippen molar-refractivity contribution in [2.45, 2.75) is 33.4 Å². The van der Waals surface area contributed by atoms with Crippen molar-refractivity contribution in [1.29, 1.82) is 0 Å². The lowest BCUT2D eigenvalue weighted by molar-refractivity contribution is -0.123. The number of hydrogen-bond donors (Lipinski definition) is 1. The topological polar surface area (TPSA) is 58.6 Å². The van der Waals surface area contributed by atoms with Crippen molar-refractivity contribution < 1.29 is 18.7 Å². The highest BCUT2D eigenvalue weighted by Crippen LogP contribution is 2.20. The van der Waals surface area contributed by atoms with Gasteiger partial charge in [-0.2, -0.15) is 0 Å². The zero-order valence-electron chi connectivity index (χ0n) is 15.2. The number of anilines is 1. The number of rotatable bonds is 7. The number of amides is 2. The molecule has 6 heteroatoms. The first kappa shape index (κ1) is 19.4. The molecule has 2 amide bonds. The summed E-state index contributed by atoms with van der Waals surface area (Å²) in [6, 6.07) is 13.2. The van der Waals surface area contributed by atoms with Crippen LogP contribution in [0.3, 0.4) is 0 Å². The fourth-order valence-corrected chi connectivity index (χ4v) is 2.40. The van der Waals surface area contributed by atoms with E-state index in [1.165, 1.54) is 17.9 Å². The van der Waals surface area contributed by atoms with E-state index in [0.29, 0.717) is 17.0 Å². The van der Waals surface area contributed by atoms with Crippen LogP contribution in [0.2, 0.25) is 0 Å². The summed E-state index contributed by atoms with van der Waals surface area (Å²) in [5.74, 6) is -0.317. The molecule has 0 saturated carbocycles. The van der Waals surface area contributed by atoms with E-state index in [2.05, 4.69) is 5.32 Å². The third kappa shape index (κ3) is 5.58. The molecule has 0 fully saturated rings. The number of hydrogen-bond acceptors (Lipinski definition) is 3. The van der Waals surface area contributed by atoms with Gasteiger partial charge < -0.3 is 15.0 Å². The average molecular weight is 358 g/mol. The van der Waals surface area contributed by atoms with Crippen LogP contribution in [0.4, 0.5) is 10.1 Å². The van der Waals surface area contributed by atoms with Crippen LogP contribution in [-0.4, -0.2) is 24.5 Å². The van der Waals surface area contributed by atoms with Gasteiger partial charge in [0.25, 0.3) is 0 Å². The Morgan fingerprint density at radius 1 is 1.12 bits per heavy atom. The van der Waals surface area contributed by atoms with Crippen molar-refractivity contribution in [1.82, 2.24) is 5.32 Å². The Balaban J connectivity index is 2.00. The van der Waals surface area contributed by atoms with Crippen LogP contribution in [0.25, 0.3) is 0 Å². The monoisotopic (exact) mass is 358 g/mol. The second kappa shape index (κ2) is 8.99. The number of halogens is 1. The van der Waals surface area contributed by atoms with E-state index in [9.17, 15) is 14.0 Å². The van der Waals surface area contributed by atoms with Crippen LogP contribution in [-0.2, 0) is 16.1 Å². The molecule has 5 nitrogen and oxygen atoms in total. The minimum Gasteiger partial charge on any atom is -0.491 e. The summed E-state index contributed by atoms with van der Waals surface area (Å²) >= 11 is 0. The highest BCUT2D eigenvalue weighted by molar-refractivity contribution is 5.97. The maximum Gasteiger partial charge on any atom is 0.240 e. The minimum absolute atomic E-state index is 0.0499.